The second kappa shape index (κ2) is 55.8. The highest BCUT2D eigenvalue weighted by Crippen LogP contribution is 2.32. The number of nitrogens with zero attached hydrogens (tertiary/aromatic N) is 3. The van der Waals surface area contributed by atoms with Crippen LogP contribution in [0.15, 0.2) is 54.6 Å². The van der Waals surface area contributed by atoms with Crippen LogP contribution < -0.4 is 38.1 Å². The van der Waals surface area contributed by atoms with Crippen molar-refractivity contribution < 1.29 is 133 Å². The Morgan fingerprint density at radius 1 is 0.313 bits per heavy atom. The van der Waals surface area contributed by atoms with Crippen LogP contribution in [-0.2, 0) is 99.8 Å². The Morgan fingerprint density at radius 2 is 0.539 bits per heavy atom. The number of carbonyl (C=O) groups is 12. The molecule has 0 bridgehead atoms. The molecule has 0 aliphatic carbocycles. The van der Waals surface area contributed by atoms with Crippen molar-refractivity contribution in [1.82, 2.24) is 30.7 Å². The molecule has 9 rings (SSSR count). The molecule has 9 N–H and O–H groups in total. The molecule has 0 aromatic heterocycles. The van der Waals surface area contributed by atoms with Crippen molar-refractivity contribution in [3.63, 3.8) is 0 Å². The van der Waals surface area contributed by atoms with Crippen LogP contribution in [0.5, 0.6) is 0 Å². The van der Waals surface area contributed by atoms with Gasteiger partial charge in [0.2, 0.25) is 35.4 Å². The Kier molecular flexibility index (Phi) is 46.2. The van der Waals surface area contributed by atoms with E-state index in [-0.39, 0.29) is 71.9 Å². The highest BCUT2D eigenvalue weighted by Gasteiger charge is 2.47. The van der Waals surface area contributed by atoms with Crippen LogP contribution in [0.25, 0.3) is 0 Å². The molecule has 6 heterocycles. The van der Waals surface area contributed by atoms with Gasteiger partial charge in [0, 0.05) is 70.0 Å². The Morgan fingerprint density at radius 3 is 0.791 bits per heavy atom. The van der Waals surface area contributed by atoms with E-state index in [0.29, 0.717) is 223 Å². The molecule has 3 fully saturated rings. The SMILES string of the molecule is CCCOCCOCCOCCOCCOCCN.CCCOCCOCCOCCOCCOCCNc1ccc2c(c1)C(=O)N(C1CCC(=O)NC1=O)C2=O.NCCOCCOCCOCCOCCOCCNc1ccc2c(c1)C(=O)N(C1CCC(=O)NC1=O)C2=O.O=C1CCC(N2C(=O)c3ccc(F)cc3C2=O)C(=O)N1. The summed E-state index contributed by atoms with van der Waals surface area (Å²) >= 11 is 0. The second-order valence-electron chi connectivity index (χ2n) is 25.7. The molecule has 37 nitrogen and oxygen atoms in total. The maximum atomic E-state index is 13.2. The lowest BCUT2D eigenvalue weighted by Crippen LogP contribution is -2.54. The van der Waals surface area contributed by atoms with Crippen molar-refractivity contribution in [3.8, 4) is 0 Å². The summed E-state index contributed by atoms with van der Waals surface area (Å²) in [4.78, 5) is 148. The smallest absolute Gasteiger partial charge is 0.262 e. The fraction of sp³-hybridized carbons (Fsp3) is 0.610. The summed E-state index contributed by atoms with van der Waals surface area (Å²) in [6.45, 7) is 22.3. The molecule has 0 spiro atoms. The first-order chi connectivity index (χ1) is 55.9. The molecule has 38 heteroatoms. The van der Waals surface area contributed by atoms with Crippen LogP contribution in [0.1, 0.15) is 127 Å². The number of benzene rings is 3. The number of ether oxygens (including phenoxy) is 15. The van der Waals surface area contributed by atoms with Crippen LogP contribution in [0.4, 0.5) is 15.8 Å². The molecule has 0 radical (unpaired) electrons. The number of imide groups is 6. The topological polar surface area (TPSA) is 465 Å². The molecule has 3 saturated heterocycles. The van der Waals surface area contributed by atoms with E-state index in [1.54, 1.807) is 36.4 Å². The third kappa shape index (κ3) is 33.5. The van der Waals surface area contributed by atoms with Crippen LogP contribution in [0.2, 0.25) is 0 Å². The van der Waals surface area contributed by atoms with Crippen molar-refractivity contribution >= 4 is 82.3 Å². The molecule has 6 aliphatic rings. The van der Waals surface area contributed by atoms with E-state index in [2.05, 4.69) is 40.4 Å². The highest BCUT2D eigenvalue weighted by molar-refractivity contribution is 6.25. The van der Waals surface area contributed by atoms with Crippen LogP contribution >= 0.6 is 0 Å². The summed E-state index contributed by atoms with van der Waals surface area (Å²) < 4.78 is 93.6. The highest BCUT2D eigenvalue weighted by atomic mass is 19.1. The van der Waals surface area contributed by atoms with Gasteiger partial charge in [0.05, 0.1) is 218 Å². The Hall–Kier alpha value is -8.65. The van der Waals surface area contributed by atoms with E-state index in [9.17, 15) is 61.9 Å². The van der Waals surface area contributed by atoms with Crippen LogP contribution in [-0.4, -0.2) is 328 Å². The predicted octanol–water partition coefficient (Wildman–Crippen LogP) is 1.20. The summed E-state index contributed by atoms with van der Waals surface area (Å²) in [6, 6.07) is 9.99. The number of nitrogens with two attached hydrogens (primary N) is 2. The predicted molar refractivity (Wildman–Crippen MR) is 407 cm³/mol. The van der Waals surface area contributed by atoms with Gasteiger partial charge in [-0.1, -0.05) is 13.8 Å². The van der Waals surface area contributed by atoms with Crippen molar-refractivity contribution in [1.29, 1.82) is 0 Å². The minimum Gasteiger partial charge on any atom is -0.383 e. The van der Waals surface area contributed by atoms with Crippen LogP contribution in [0, 0.1) is 5.82 Å². The van der Waals surface area contributed by atoms with Gasteiger partial charge < -0.3 is 93.2 Å². The Labute approximate surface area is 667 Å². The lowest BCUT2D eigenvalue weighted by molar-refractivity contribution is -0.137. The van der Waals surface area contributed by atoms with E-state index in [0.717, 1.165) is 52.9 Å². The summed E-state index contributed by atoms with van der Waals surface area (Å²) in [5, 5.41) is 12.8. The van der Waals surface area contributed by atoms with Crippen LogP contribution in [0.3, 0.4) is 0 Å². The maximum absolute atomic E-state index is 13.2. The largest absolute Gasteiger partial charge is 0.383 e. The van der Waals surface area contributed by atoms with Gasteiger partial charge in [0.25, 0.3) is 35.4 Å². The zero-order valence-electron chi connectivity index (χ0n) is 65.5. The quantitative estimate of drug-likeness (QED) is 0.0308. The lowest BCUT2D eigenvalue weighted by atomic mass is 10.0. The van der Waals surface area contributed by atoms with Gasteiger partial charge in [-0.05, 0) is 86.7 Å². The van der Waals surface area contributed by atoms with Gasteiger partial charge in [-0.2, -0.15) is 0 Å². The van der Waals surface area contributed by atoms with E-state index < -0.39 is 94.8 Å². The molecule has 3 unspecified atom stereocenters. The molecule has 0 saturated carbocycles. The number of piperidine rings is 3. The molecule has 6 aliphatic heterocycles. The van der Waals surface area contributed by atoms with E-state index in [1.165, 1.54) is 6.07 Å². The van der Waals surface area contributed by atoms with Gasteiger partial charge in [-0.25, -0.2) is 4.39 Å². The minimum atomic E-state index is -1.02. The van der Waals surface area contributed by atoms with Gasteiger partial charge in [-0.3, -0.25) is 88.2 Å². The van der Waals surface area contributed by atoms with E-state index in [4.69, 9.17) is 82.5 Å². The molecule has 3 atom stereocenters. The van der Waals surface area contributed by atoms with Gasteiger partial charge in [-0.15, -0.1) is 0 Å². The third-order valence-corrected chi connectivity index (χ3v) is 17.1. The second-order valence-corrected chi connectivity index (χ2v) is 25.7. The maximum Gasteiger partial charge on any atom is 0.262 e. The number of hydrogen-bond donors (Lipinski definition) is 7. The number of fused-ring (bicyclic) bond motifs is 3. The number of amides is 12. The molecule has 3 aromatic carbocycles. The Bertz CT molecular complexity index is 3410. The van der Waals surface area contributed by atoms with Gasteiger partial charge in [0.1, 0.15) is 23.9 Å². The van der Waals surface area contributed by atoms with E-state index in [1.807, 2.05) is 0 Å². The average Bonchev–Trinajstić information content (AvgIpc) is 1.63. The molecule has 12 amide bonds. The first-order valence-corrected chi connectivity index (χ1v) is 38.7. The third-order valence-electron chi connectivity index (χ3n) is 17.1. The number of nitrogens with one attached hydrogen (secondary N) is 5. The van der Waals surface area contributed by atoms with Crippen molar-refractivity contribution in [2.45, 2.75) is 83.3 Å². The summed E-state index contributed by atoms with van der Waals surface area (Å²) in [6.07, 6.45) is 2.59. The number of carbonyl (C=O) groups excluding carboxylic acids is 12. The molecular formula is C77H111FN10O27. The fourth-order valence-corrected chi connectivity index (χ4v) is 11.5. The zero-order valence-corrected chi connectivity index (χ0v) is 65.5. The standard InChI is InChI=1S/C26H37N3O9.C25H36N4O9.C13H9FN2O4.C13H29NO5/c1-2-8-34-10-12-36-14-16-38-17-15-37-13-11-35-9-7-27-19-3-4-20-21(18-19)26(33)29(25(20)32)22-5-6-23(30)28-24(22)31;26-5-7-34-9-11-36-13-15-38-16-14-37-12-10-35-8-6-27-18-1-2-19-20(17-18)25(33)29(24(19)32)21-3-4-22(30)28-23(21)31;14-6-1-2-7-8(5-6)13(20)16(12(7)19)9-3-4-10(17)15-11(9)18;1-2-4-15-6-8-17-10-12-19-13-11-18-9-7-16-5-3-14/h3-4,18,22,27H,2,5-17H2,1H3,(H,28,30,31);1-2,17,21,27H,3-16,26H2,(H,28,30,31);1-2,5,9H,3-4H2,(H,15,17,18);2-14H2,1H3. The number of rotatable bonds is 55. The normalized spacial score (nSPS) is 17.0. The minimum absolute atomic E-state index is 0.0537. The number of anilines is 2. The molecule has 638 valence electrons. The molecule has 3 aromatic rings. The summed E-state index contributed by atoms with van der Waals surface area (Å²) in [5.74, 6) is -7.30. The number of hydrogen-bond acceptors (Lipinski definition) is 31. The van der Waals surface area contributed by atoms with Gasteiger partial charge >= 0.3 is 0 Å². The molecule has 115 heavy (non-hydrogen) atoms. The first-order valence-electron chi connectivity index (χ1n) is 38.7. The monoisotopic (exact) mass is 1630 g/mol. The fourth-order valence-electron chi connectivity index (χ4n) is 11.5. The summed E-state index contributed by atoms with van der Waals surface area (Å²) in [5.41, 5.74) is 12.9. The zero-order chi connectivity index (χ0) is 82.8. The van der Waals surface area contributed by atoms with Crippen molar-refractivity contribution in [2.24, 2.45) is 11.5 Å². The van der Waals surface area contributed by atoms with Crippen molar-refractivity contribution in [3.05, 3.63) is 93.8 Å². The summed E-state index contributed by atoms with van der Waals surface area (Å²) in [7, 11) is 0. The van der Waals surface area contributed by atoms with Gasteiger partial charge in [0.15, 0.2) is 0 Å². The molecular weight excluding hydrogens is 1520 g/mol. The van der Waals surface area contributed by atoms with Crippen molar-refractivity contribution in [2.75, 3.05) is 235 Å². The number of halogens is 1. The Balaban J connectivity index is 0.000000250. The average molecular weight is 1630 g/mol. The first kappa shape index (κ1) is 95.2. The van der Waals surface area contributed by atoms with E-state index >= 15 is 0 Å². The lowest BCUT2D eigenvalue weighted by Gasteiger charge is -2.27.